The Morgan fingerprint density at radius 1 is 1.23 bits per heavy atom. The second kappa shape index (κ2) is 5.93. The maximum absolute atomic E-state index is 11.9. The molecule has 3 rings (SSSR count). The van der Waals surface area contributed by atoms with Crippen LogP contribution >= 0.6 is 15.9 Å². The molecule has 112 valence electrons. The lowest BCUT2D eigenvalue weighted by Gasteiger charge is -2.19. The largest absolute Gasteiger partial charge is 0.446 e. The van der Waals surface area contributed by atoms with Gasteiger partial charge in [-0.1, -0.05) is 45.8 Å². The van der Waals surface area contributed by atoms with E-state index in [0.29, 0.717) is 5.90 Å². The normalized spacial score (nSPS) is 17.1. The molecule has 22 heavy (non-hydrogen) atoms. The van der Waals surface area contributed by atoms with E-state index in [9.17, 15) is 4.79 Å². The minimum Gasteiger partial charge on any atom is -0.446 e. The van der Waals surface area contributed by atoms with Crippen LogP contribution in [0.25, 0.3) is 0 Å². The summed E-state index contributed by atoms with van der Waals surface area (Å²) in [6, 6.07) is 15.5. The summed E-state index contributed by atoms with van der Waals surface area (Å²) >= 11 is 3.40. The lowest BCUT2D eigenvalue weighted by Crippen LogP contribution is -2.25. The Kier molecular flexibility index (Phi) is 3.98. The average Bonchev–Trinajstić information content (AvgIpc) is 2.93. The van der Waals surface area contributed by atoms with Crippen LogP contribution in [0.1, 0.15) is 29.8 Å². The molecular formula is C17H15BrN2O2. The van der Waals surface area contributed by atoms with Crippen LogP contribution in [0.15, 0.2) is 58.1 Å². The molecule has 1 heterocycles. The lowest BCUT2D eigenvalue weighted by atomic mass is 10.1. The van der Waals surface area contributed by atoms with Gasteiger partial charge in [0.1, 0.15) is 0 Å². The van der Waals surface area contributed by atoms with Gasteiger partial charge in [-0.05, 0) is 31.2 Å². The summed E-state index contributed by atoms with van der Waals surface area (Å²) < 4.78 is 6.92. The van der Waals surface area contributed by atoms with Crippen molar-refractivity contribution in [3.8, 4) is 0 Å². The predicted molar refractivity (Wildman–Crippen MR) is 88.2 cm³/mol. The van der Waals surface area contributed by atoms with Crippen LogP contribution in [0.2, 0.25) is 0 Å². The minimum atomic E-state index is -0.527. The van der Waals surface area contributed by atoms with E-state index in [1.807, 2.05) is 55.5 Å². The number of hydrogen-bond donors (Lipinski definition) is 0. The van der Waals surface area contributed by atoms with E-state index < -0.39 is 6.23 Å². The molecule has 1 aliphatic rings. The highest BCUT2D eigenvalue weighted by Crippen LogP contribution is 2.31. The van der Waals surface area contributed by atoms with Gasteiger partial charge in [0.25, 0.3) is 0 Å². The third kappa shape index (κ3) is 2.90. The van der Waals surface area contributed by atoms with Crippen molar-refractivity contribution in [2.75, 3.05) is 0 Å². The topological polar surface area (TPSA) is 41.9 Å². The fourth-order valence-electron chi connectivity index (χ4n) is 2.31. The van der Waals surface area contributed by atoms with Gasteiger partial charge in [-0.25, -0.2) is 0 Å². The molecule has 0 fully saturated rings. The number of carbonyl (C=O) groups excluding carboxylic acids is 1. The van der Waals surface area contributed by atoms with Crippen molar-refractivity contribution in [1.29, 1.82) is 0 Å². The van der Waals surface area contributed by atoms with E-state index in [0.717, 1.165) is 21.2 Å². The summed E-state index contributed by atoms with van der Waals surface area (Å²) in [5.74, 6) is 0.308. The summed E-state index contributed by atoms with van der Waals surface area (Å²) in [5, 5.41) is 5.72. The van der Waals surface area contributed by atoms with E-state index in [1.165, 1.54) is 11.9 Å². The molecule has 0 spiro atoms. The predicted octanol–water partition coefficient (Wildman–Crippen LogP) is 4.00. The number of ether oxygens (including phenoxy) is 1. The Hall–Kier alpha value is -2.14. The van der Waals surface area contributed by atoms with Crippen LogP contribution < -0.4 is 0 Å². The summed E-state index contributed by atoms with van der Waals surface area (Å²) in [5.41, 5.74) is 2.86. The number of amides is 1. The Bertz CT molecular complexity index is 741. The first kappa shape index (κ1) is 14.8. The van der Waals surface area contributed by atoms with E-state index in [4.69, 9.17) is 4.74 Å². The van der Waals surface area contributed by atoms with Crippen molar-refractivity contribution in [3.05, 3.63) is 69.7 Å². The van der Waals surface area contributed by atoms with Gasteiger partial charge in [-0.15, -0.1) is 5.10 Å². The molecule has 5 heteroatoms. The van der Waals surface area contributed by atoms with Gasteiger partial charge in [0.05, 0.1) is 0 Å². The molecular weight excluding hydrogens is 344 g/mol. The van der Waals surface area contributed by atoms with Crippen LogP contribution in [-0.2, 0) is 9.53 Å². The standard InChI is InChI=1S/C17H15BrN2O2/c1-11-4-3-5-14(10-11)16-19-20(12(2)21)17(22-16)13-6-8-15(18)9-7-13/h3-10,17H,1-2H3. The van der Waals surface area contributed by atoms with Crippen molar-refractivity contribution in [1.82, 2.24) is 5.01 Å². The lowest BCUT2D eigenvalue weighted by molar-refractivity contribution is -0.135. The van der Waals surface area contributed by atoms with Crippen LogP contribution in [0, 0.1) is 6.92 Å². The zero-order valence-corrected chi connectivity index (χ0v) is 13.9. The number of hydrazone groups is 1. The van der Waals surface area contributed by atoms with Crippen molar-refractivity contribution in [3.63, 3.8) is 0 Å². The highest BCUT2D eigenvalue weighted by atomic mass is 79.9. The zero-order chi connectivity index (χ0) is 15.7. The molecule has 2 aromatic carbocycles. The second-order valence-electron chi connectivity index (χ2n) is 5.16. The number of hydrogen-bond acceptors (Lipinski definition) is 3. The molecule has 0 aliphatic carbocycles. The monoisotopic (exact) mass is 358 g/mol. The first-order chi connectivity index (χ1) is 10.5. The van der Waals surface area contributed by atoms with E-state index >= 15 is 0 Å². The maximum atomic E-state index is 11.9. The number of benzene rings is 2. The van der Waals surface area contributed by atoms with Crippen LogP contribution in [0.5, 0.6) is 0 Å². The molecule has 4 nitrogen and oxygen atoms in total. The first-order valence-corrected chi connectivity index (χ1v) is 7.71. The van der Waals surface area contributed by atoms with E-state index in [2.05, 4.69) is 21.0 Å². The van der Waals surface area contributed by atoms with E-state index in [-0.39, 0.29) is 5.91 Å². The molecule has 0 saturated carbocycles. The summed E-state index contributed by atoms with van der Waals surface area (Å²) in [7, 11) is 0. The van der Waals surface area contributed by atoms with Crippen molar-refractivity contribution < 1.29 is 9.53 Å². The molecule has 1 atom stereocenters. The number of aryl methyl sites for hydroxylation is 1. The third-order valence-electron chi connectivity index (χ3n) is 3.39. The molecule has 1 unspecified atom stereocenters. The zero-order valence-electron chi connectivity index (χ0n) is 12.3. The molecule has 1 amide bonds. The Morgan fingerprint density at radius 2 is 1.95 bits per heavy atom. The first-order valence-electron chi connectivity index (χ1n) is 6.92. The highest BCUT2D eigenvalue weighted by molar-refractivity contribution is 9.10. The van der Waals surface area contributed by atoms with Gasteiger partial charge in [-0.3, -0.25) is 4.79 Å². The molecule has 2 aromatic rings. The maximum Gasteiger partial charge on any atom is 0.243 e. The fraction of sp³-hybridized carbons (Fsp3) is 0.176. The average molecular weight is 359 g/mol. The van der Waals surface area contributed by atoms with Gasteiger partial charge in [0.15, 0.2) is 0 Å². The SMILES string of the molecule is CC(=O)N1N=C(c2cccc(C)c2)OC1c1ccc(Br)cc1. The van der Waals surface area contributed by atoms with E-state index in [1.54, 1.807) is 0 Å². The molecule has 0 N–H and O–H groups in total. The van der Waals surface area contributed by atoms with Crippen molar-refractivity contribution in [2.24, 2.45) is 5.10 Å². The molecule has 0 radical (unpaired) electrons. The number of halogens is 1. The number of nitrogens with zero attached hydrogens (tertiary/aromatic N) is 2. The third-order valence-corrected chi connectivity index (χ3v) is 3.92. The molecule has 0 saturated heterocycles. The van der Waals surface area contributed by atoms with Gasteiger partial charge in [0, 0.05) is 22.5 Å². The number of carbonyl (C=O) groups is 1. The summed E-state index contributed by atoms with van der Waals surface area (Å²) in [4.78, 5) is 11.9. The fourth-order valence-corrected chi connectivity index (χ4v) is 2.57. The Labute approximate surface area is 137 Å². The Balaban J connectivity index is 1.94. The second-order valence-corrected chi connectivity index (χ2v) is 6.08. The van der Waals surface area contributed by atoms with Crippen LogP contribution in [-0.4, -0.2) is 16.8 Å². The molecule has 0 bridgehead atoms. The minimum absolute atomic E-state index is 0.157. The quantitative estimate of drug-likeness (QED) is 0.814. The van der Waals surface area contributed by atoms with Crippen molar-refractivity contribution >= 4 is 27.7 Å². The Morgan fingerprint density at radius 3 is 2.59 bits per heavy atom. The smallest absolute Gasteiger partial charge is 0.243 e. The molecule has 0 aromatic heterocycles. The van der Waals surface area contributed by atoms with Crippen LogP contribution in [0.3, 0.4) is 0 Å². The number of rotatable bonds is 2. The molecule has 1 aliphatic heterocycles. The van der Waals surface area contributed by atoms with Crippen molar-refractivity contribution in [2.45, 2.75) is 20.1 Å². The van der Waals surface area contributed by atoms with Crippen LogP contribution in [0.4, 0.5) is 0 Å². The summed E-state index contributed by atoms with van der Waals surface area (Å²) in [6.45, 7) is 3.49. The highest BCUT2D eigenvalue weighted by Gasteiger charge is 2.32. The summed E-state index contributed by atoms with van der Waals surface area (Å²) in [6.07, 6.45) is -0.527. The van der Waals surface area contributed by atoms with Gasteiger partial charge >= 0.3 is 0 Å². The van der Waals surface area contributed by atoms with Gasteiger partial charge < -0.3 is 4.74 Å². The van der Waals surface area contributed by atoms with Gasteiger partial charge in [0.2, 0.25) is 18.0 Å². The van der Waals surface area contributed by atoms with Gasteiger partial charge in [-0.2, -0.15) is 5.01 Å².